The molecule has 0 radical (unpaired) electrons. The average molecular weight is 547 g/mol. The van der Waals surface area contributed by atoms with E-state index in [9.17, 15) is 0 Å². The highest BCUT2D eigenvalue weighted by Gasteiger charge is 2.21. The van der Waals surface area contributed by atoms with Crippen LogP contribution in [-0.2, 0) is 24.6 Å². The van der Waals surface area contributed by atoms with Crippen LogP contribution in [0, 0.1) is 0 Å². The summed E-state index contributed by atoms with van der Waals surface area (Å²) >= 11 is 11.0. The van der Waals surface area contributed by atoms with E-state index in [4.69, 9.17) is 28.6 Å². The zero-order chi connectivity index (χ0) is 25.9. The zero-order valence-corrected chi connectivity index (χ0v) is 25.7. The number of thiol groups is 1. The number of hydrogen-bond donors (Lipinski definition) is 1. The highest BCUT2D eigenvalue weighted by Crippen LogP contribution is 2.52. The van der Waals surface area contributed by atoms with E-state index >= 15 is 0 Å². The van der Waals surface area contributed by atoms with Crippen LogP contribution in [0.4, 0.5) is 0 Å². The summed E-state index contributed by atoms with van der Waals surface area (Å²) in [6, 6.07) is 17.0. The summed E-state index contributed by atoms with van der Waals surface area (Å²) in [6.07, 6.45) is 23.4. The summed E-state index contributed by atoms with van der Waals surface area (Å²) in [5.41, 5.74) is 0.154. The highest BCUT2D eigenvalue weighted by molar-refractivity contribution is 8.64. The zero-order valence-electron chi connectivity index (χ0n) is 23.1. The fourth-order valence-corrected chi connectivity index (χ4v) is 7.87. The van der Waals surface area contributed by atoms with Gasteiger partial charge in [0.25, 0.3) is 0 Å². The van der Waals surface area contributed by atoms with E-state index in [1.54, 1.807) is 0 Å². The lowest BCUT2D eigenvalue weighted by Crippen LogP contribution is -2.12. The van der Waals surface area contributed by atoms with Crippen molar-refractivity contribution in [3.63, 3.8) is 0 Å². The molecule has 2 aromatic rings. The summed E-state index contributed by atoms with van der Waals surface area (Å²) in [5, 5.41) is 1.13. The van der Waals surface area contributed by atoms with Crippen molar-refractivity contribution in [2.45, 2.75) is 129 Å². The Morgan fingerprint density at radius 3 is 1.56 bits per heavy atom. The minimum absolute atomic E-state index is 0.931. The molecule has 1 atom stereocenters. The van der Waals surface area contributed by atoms with Gasteiger partial charge >= 0.3 is 0 Å². The lowest BCUT2D eigenvalue weighted by molar-refractivity contribution is 0.569. The van der Waals surface area contributed by atoms with Crippen molar-refractivity contribution in [1.82, 2.24) is 0 Å². The van der Waals surface area contributed by atoms with Crippen LogP contribution in [0.1, 0.15) is 128 Å². The maximum Gasteiger partial charge on any atom is 0.194 e. The average Bonchev–Trinajstić information content (AvgIpc) is 2.88. The van der Waals surface area contributed by atoms with E-state index in [1.807, 2.05) is 0 Å². The van der Waals surface area contributed by atoms with Gasteiger partial charge in [0, 0.05) is 5.30 Å². The van der Waals surface area contributed by atoms with Gasteiger partial charge in [-0.3, -0.25) is 0 Å². The minimum Gasteiger partial charge on any atom is -0.453 e. The molecule has 36 heavy (non-hydrogen) atoms. The Balaban J connectivity index is 1.87. The molecule has 0 N–H and O–H groups in total. The summed E-state index contributed by atoms with van der Waals surface area (Å²) < 4.78 is 6.55. The molecule has 0 aliphatic heterocycles. The predicted molar refractivity (Wildman–Crippen MR) is 169 cm³/mol. The third-order valence-electron chi connectivity index (χ3n) is 7.09. The maximum absolute atomic E-state index is 6.55. The molecule has 0 heterocycles. The Bertz CT molecular complexity index is 882. The SMILES string of the molecule is CCCCCCCCCCc1ccccc1OP(=S)(S)c1ccccc1CCCCCCCCCC. The van der Waals surface area contributed by atoms with Crippen molar-refractivity contribution in [1.29, 1.82) is 0 Å². The fourth-order valence-electron chi connectivity index (χ4n) is 4.88. The Morgan fingerprint density at radius 1 is 0.583 bits per heavy atom. The summed E-state index contributed by atoms with van der Waals surface area (Å²) in [6.45, 7) is 4.56. The first-order chi connectivity index (χ1) is 17.6. The number of benzene rings is 2. The molecule has 0 fully saturated rings. The Hall–Kier alpha value is -0.760. The molecule has 0 saturated heterocycles. The highest BCUT2D eigenvalue weighted by atomic mass is 32.9. The Labute approximate surface area is 233 Å². The quantitative estimate of drug-likeness (QED) is 0.0947. The van der Waals surface area contributed by atoms with E-state index < -0.39 is 5.47 Å². The third kappa shape index (κ3) is 12.7. The van der Waals surface area contributed by atoms with E-state index in [1.165, 1.54) is 114 Å². The van der Waals surface area contributed by atoms with Gasteiger partial charge in [-0.05, 0) is 60.7 Å². The lowest BCUT2D eigenvalue weighted by atomic mass is 10.0. The van der Waals surface area contributed by atoms with Crippen LogP contribution in [0.15, 0.2) is 48.5 Å². The molecule has 0 aromatic heterocycles. The first-order valence-electron chi connectivity index (χ1n) is 14.8. The van der Waals surface area contributed by atoms with E-state index in [0.717, 1.165) is 23.9 Å². The van der Waals surface area contributed by atoms with Crippen LogP contribution in [-0.4, -0.2) is 0 Å². The lowest BCUT2D eigenvalue weighted by Gasteiger charge is -2.23. The second-order valence-electron chi connectivity index (χ2n) is 10.3. The molecule has 0 spiro atoms. The van der Waals surface area contributed by atoms with Gasteiger partial charge in [-0.25, -0.2) is 0 Å². The van der Waals surface area contributed by atoms with Gasteiger partial charge in [-0.15, -0.1) is 0 Å². The normalized spacial score (nSPS) is 13.0. The molecule has 202 valence electrons. The molecule has 0 bridgehead atoms. The van der Waals surface area contributed by atoms with Crippen LogP contribution in [0.2, 0.25) is 0 Å². The van der Waals surface area contributed by atoms with Crippen molar-refractivity contribution in [3.05, 3.63) is 59.7 Å². The monoisotopic (exact) mass is 546 g/mol. The number of hydrogen-bond acceptors (Lipinski definition) is 2. The molecule has 0 aliphatic rings. The fraction of sp³-hybridized carbons (Fsp3) is 0.625. The second kappa shape index (κ2) is 19.3. The molecular formula is C32H51OPS2. The molecule has 2 rings (SSSR count). The van der Waals surface area contributed by atoms with Gasteiger partial charge in [0.2, 0.25) is 0 Å². The number of rotatable bonds is 21. The first-order valence-corrected chi connectivity index (χ1v) is 18.6. The third-order valence-corrected chi connectivity index (χ3v) is 10.3. The van der Waals surface area contributed by atoms with E-state index in [-0.39, 0.29) is 0 Å². The molecule has 1 nitrogen and oxygen atoms in total. The molecule has 1 unspecified atom stereocenters. The second-order valence-corrected chi connectivity index (χ2v) is 16.0. The molecule has 2 aromatic carbocycles. The van der Waals surface area contributed by atoms with Crippen molar-refractivity contribution in [2.24, 2.45) is 0 Å². The van der Waals surface area contributed by atoms with Crippen LogP contribution >= 0.6 is 17.7 Å². The van der Waals surface area contributed by atoms with Crippen LogP contribution < -0.4 is 9.83 Å². The number of unbranched alkanes of at least 4 members (excludes halogenated alkanes) is 14. The number of para-hydroxylation sites is 1. The smallest absolute Gasteiger partial charge is 0.194 e. The van der Waals surface area contributed by atoms with Gasteiger partial charge in [0.1, 0.15) is 5.75 Å². The first kappa shape index (κ1) is 31.5. The van der Waals surface area contributed by atoms with Crippen LogP contribution in [0.25, 0.3) is 0 Å². The van der Waals surface area contributed by atoms with Gasteiger partial charge in [0.15, 0.2) is 5.47 Å². The van der Waals surface area contributed by atoms with Gasteiger partial charge in [-0.2, -0.15) is 0 Å². The Morgan fingerprint density at radius 2 is 1.00 bits per heavy atom. The maximum atomic E-state index is 6.55. The summed E-state index contributed by atoms with van der Waals surface area (Å²) in [4.78, 5) is 0. The van der Waals surface area contributed by atoms with Crippen molar-refractivity contribution < 1.29 is 4.52 Å². The van der Waals surface area contributed by atoms with Gasteiger partial charge < -0.3 is 4.52 Å². The summed E-state index contributed by atoms with van der Waals surface area (Å²) in [5.74, 6) is 0.931. The predicted octanol–water partition coefficient (Wildman–Crippen LogP) is 11.0. The standard InChI is InChI=1S/C32H51OPS2/c1-3-5-7-9-11-13-15-17-23-29-24-19-21-27-31(29)33-34(35,36)32-28-22-20-26-30(32)25-18-16-14-12-10-8-6-4-2/h19-22,24,26-28H,3-18,23,25H2,1-2H3,(H,35,36). The van der Waals surface area contributed by atoms with E-state index in [2.05, 4.69) is 62.4 Å². The molecular weight excluding hydrogens is 495 g/mol. The Kier molecular flexibility index (Phi) is 16.9. The largest absolute Gasteiger partial charge is 0.453 e. The van der Waals surface area contributed by atoms with Crippen molar-refractivity contribution in [2.75, 3.05) is 0 Å². The van der Waals surface area contributed by atoms with Gasteiger partial charge in [0.05, 0.1) is 0 Å². The van der Waals surface area contributed by atoms with Gasteiger partial charge in [-0.1, -0.05) is 152 Å². The van der Waals surface area contributed by atoms with Crippen molar-refractivity contribution in [3.8, 4) is 5.75 Å². The minimum atomic E-state index is -2.44. The van der Waals surface area contributed by atoms with Crippen LogP contribution in [0.3, 0.4) is 0 Å². The number of aryl methyl sites for hydroxylation is 2. The summed E-state index contributed by atoms with van der Waals surface area (Å²) in [7, 11) is 0. The van der Waals surface area contributed by atoms with Crippen LogP contribution in [0.5, 0.6) is 5.75 Å². The molecule has 0 amide bonds. The molecule has 0 aliphatic carbocycles. The molecule has 4 heteroatoms. The van der Waals surface area contributed by atoms with Crippen molar-refractivity contribution >= 4 is 34.8 Å². The topological polar surface area (TPSA) is 9.23 Å². The molecule has 0 saturated carbocycles. The van der Waals surface area contributed by atoms with E-state index in [0.29, 0.717) is 0 Å².